The van der Waals surface area contributed by atoms with Crippen molar-refractivity contribution in [2.45, 2.75) is 39.7 Å². The van der Waals surface area contributed by atoms with Gasteiger partial charge in [-0.3, -0.25) is 0 Å². The average Bonchev–Trinajstić information content (AvgIpc) is 3.13. The van der Waals surface area contributed by atoms with Gasteiger partial charge in [0.15, 0.2) is 0 Å². The molecule has 6 heteroatoms. The fraction of sp³-hybridized carbons (Fsp3) is 0.438. The third-order valence-corrected chi connectivity index (χ3v) is 4.41. The Hall–Kier alpha value is -2.00. The minimum atomic E-state index is 0.0275. The van der Waals surface area contributed by atoms with Gasteiger partial charge in [-0.25, -0.2) is 9.97 Å². The number of nitrogens with one attached hydrogen (secondary N) is 2. The minimum Gasteiger partial charge on any atom is -0.351 e. The Balaban J connectivity index is 1.86. The number of nitrogens with zero attached hydrogens (tertiary/aromatic N) is 3. The first-order valence-electron chi connectivity index (χ1n) is 7.36. The molecule has 1 saturated carbocycles. The van der Waals surface area contributed by atoms with Gasteiger partial charge in [-0.1, -0.05) is 32.5 Å². The summed E-state index contributed by atoms with van der Waals surface area (Å²) in [5.41, 5.74) is 2.35. The van der Waals surface area contributed by atoms with Crippen LogP contribution in [0.4, 0.5) is 5.95 Å². The molecule has 2 aliphatic rings. The lowest BCUT2D eigenvalue weighted by atomic mass is 9.93. The lowest BCUT2D eigenvalue weighted by molar-refractivity contribution is 0.481. The van der Waals surface area contributed by atoms with Crippen molar-refractivity contribution in [3.05, 3.63) is 34.1 Å². The normalized spacial score (nSPS) is 20.0. The van der Waals surface area contributed by atoms with Crippen molar-refractivity contribution in [1.82, 2.24) is 15.3 Å². The van der Waals surface area contributed by atoms with Crippen LogP contribution in [0.5, 0.6) is 0 Å². The van der Waals surface area contributed by atoms with Crippen LogP contribution in [0, 0.1) is 16.7 Å². The molecule has 2 heterocycles. The van der Waals surface area contributed by atoms with E-state index < -0.39 is 0 Å². The van der Waals surface area contributed by atoms with Gasteiger partial charge in [0.2, 0.25) is 5.95 Å². The van der Waals surface area contributed by atoms with Crippen LogP contribution in [0.2, 0.25) is 0 Å². The molecule has 0 bridgehead atoms. The Morgan fingerprint density at radius 2 is 2.23 bits per heavy atom. The molecule has 114 valence electrons. The molecule has 1 aromatic heterocycles. The highest BCUT2D eigenvalue weighted by molar-refractivity contribution is 8.06. The molecule has 1 fully saturated rings. The third-order valence-electron chi connectivity index (χ3n) is 3.51. The Labute approximate surface area is 134 Å². The molecule has 22 heavy (non-hydrogen) atoms. The number of hydrogen-bond acceptors (Lipinski definition) is 6. The van der Waals surface area contributed by atoms with Crippen molar-refractivity contribution >= 4 is 23.3 Å². The predicted molar refractivity (Wildman–Crippen MR) is 89.5 cm³/mol. The molecule has 1 aromatic rings. The number of aromatic nitrogens is 2. The first kappa shape index (κ1) is 14.9. The molecule has 0 aromatic carbocycles. The highest BCUT2D eigenvalue weighted by Gasteiger charge is 2.25. The summed E-state index contributed by atoms with van der Waals surface area (Å²) in [6.45, 7) is 6.43. The summed E-state index contributed by atoms with van der Waals surface area (Å²) in [5.74, 6) is 0.598. The lowest BCUT2D eigenvalue weighted by Gasteiger charge is -2.20. The molecule has 0 unspecified atom stereocenters. The summed E-state index contributed by atoms with van der Waals surface area (Å²) in [7, 11) is 0. The Bertz CT molecular complexity index is 689. The monoisotopic (exact) mass is 313 g/mol. The molecule has 0 radical (unpaired) electrons. The van der Waals surface area contributed by atoms with E-state index in [9.17, 15) is 5.26 Å². The van der Waals surface area contributed by atoms with Crippen LogP contribution in [0.1, 0.15) is 39.3 Å². The zero-order valence-electron chi connectivity index (χ0n) is 13.0. The fourth-order valence-electron chi connectivity index (χ4n) is 1.99. The van der Waals surface area contributed by atoms with Crippen LogP contribution < -0.4 is 10.6 Å². The first-order valence-corrected chi connectivity index (χ1v) is 8.24. The molecular weight excluding hydrogens is 294 g/mol. The van der Waals surface area contributed by atoms with E-state index in [0.29, 0.717) is 23.3 Å². The maximum Gasteiger partial charge on any atom is 0.223 e. The Kier molecular flexibility index (Phi) is 3.83. The van der Waals surface area contributed by atoms with E-state index in [1.165, 1.54) is 0 Å². The molecule has 5 nitrogen and oxygen atoms in total. The lowest BCUT2D eigenvalue weighted by Crippen LogP contribution is -2.20. The topological polar surface area (TPSA) is 73.6 Å². The number of allylic oxidation sites excluding steroid dienone is 2. The number of hydrogen-bond donors (Lipinski definition) is 2. The smallest absolute Gasteiger partial charge is 0.223 e. The van der Waals surface area contributed by atoms with E-state index >= 15 is 0 Å². The van der Waals surface area contributed by atoms with Crippen molar-refractivity contribution in [2.24, 2.45) is 5.41 Å². The van der Waals surface area contributed by atoms with E-state index in [-0.39, 0.29) is 5.41 Å². The van der Waals surface area contributed by atoms with E-state index in [4.69, 9.17) is 0 Å². The predicted octanol–water partition coefficient (Wildman–Crippen LogP) is 3.47. The second kappa shape index (κ2) is 5.65. The summed E-state index contributed by atoms with van der Waals surface area (Å²) in [4.78, 5) is 8.70. The van der Waals surface area contributed by atoms with E-state index in [0.717, 1.165) is 23.6 Å². The van der Waals surface area contributed by atoms with Crippen molar-refractivity contribution in [1.29, 1.82) is 5.26 Å². The standard InChI is InChI=1S/C16H19N5S/c1-16(2,3)13-9-22-14(21-13)11(8-17)12-6-7-18-15(20-12)19-10-4-5-10/h6-7,9-10,21H,4-5H2,1-3H3,(H,18,19,20). The van der Waals surface area contributed by atoms with Gasteiger partial charge in [0.05, 0.1) is 10.7 Å². The Morgan fingerprint density at radius 1 is 1.45 bits per heavy atom. The SMILES string of the molecule is CC(C)(C)C1=CSC(=C(C#N)c2ccnc(NC3CC3)n2)N1. The van der Waals surface area contributed by atoms with Gasteiger partial charge in [-0.2, -0.15) is 5.26 Å². The molecule has 1 aliphatic carbocycles. The minimum absolute atomic E-state index is 0.0275. The van der Waals surface area contributed by atoms with E-state index in [1.807, 2.05) is 0 Å². The molecule has 0 spiro atoms. The second-order valence-electron chi connectivity index (χ2n) is 6.52. The molecule has 3 rings (SSSR count). The van der Waals surface area contributed by atoms with E-state index in [2.05, 4.69) is 52.9 Å². The zero-order valence-corrected chi connectivity index (χ0v) is 13.8. The van der Waals surface area contributed by atoms with Crippen LogP contribution in [0.3, 0.4) is 0 Å². The molecule has 0 saturated heterocycles. The summed E-state index contributed by atoms with van der Waals surface area (Å²) in [5, 5.41) is 19.1. The summed E-state index contributed by atoms with van der Waals surface area (Å²) < 4.78 is 0. The highest BCUT2D eigenvalue weighted by atomic mass is 32.2. The zero-order chi connectivity index (χ0) is 15.7. The number of nitriles is 1. The average molecular weight is 313 g/mol. The summed E-state index contributed by atoms with van der Waals surface area (Å²) in [6.07, 6.45) is 4.02. The van der Waals surface area contributed by atoms with Gasteiger partial charge < -0.3 is 10.6 Å². The number of thioether (sulfide) groups is 1. The summed E-state index contributed by atoms with van der Waals surface area (Å²) >= 11 is 1.54. The third kappa shape index (κ3) is 3.25. The van der Waals surface area contributed by atoms with Crippen molar-refractivity contribution in [2.75, 3.05) is 5.32 Å². The molecule has 0 amide bonds. The number of rotatable bonds is 3. The maximum atomic E-state index is 9.55. The molecule has 1 aliphatic heterocycles. The second-order valence-corrected chi connectivity index (χ2v) is 7.40. The molecule has 0 atom stereocenters. The first-order chi connectivity index (χ1) is 10.5. The van der Waals surface area contributed by atoms with Crippen molar-refractivity contribution < 1.29 is 0 Å². The van der Waals surface area contributed by atoms with Gasteiger partial charge in [0.1, 0.15) is 11.6 Å². The quantitative estimate of drug-likeness (QED) is 0.832. The van der Waals surface area contributed by atoms with Crippen LogP contribution in [-0.2, 0) is 0 Å². The molecule has 2 N–H and O–H groups in total. The largest absolute Gasteiger partial charge is 0.351 e. The van der Waals surface area contributed by atoms with Crippen molar-refractivity contribution in [3.8, 4) is 6.07 Å². The maximum absolute atomic E-state index is 9.55. The molecular formula is C16H19N5S. The van der Waals surface area contributed by atoms with Crippen molar-refractivity contribution in [3.63, 3.8) is 0 Å². The highest BCUT2D eigenvalue weighted by Crippen LogP contribution is 2.37. The van der Waals surface area contributed by atoms with Gasteiger partial charge in [0, 0.05) is 23.4 Å². The Morgan fingerprint density at radius 3 is 2.82 bits per heavy atom. The van der Waals surface area contributed by atoms with E-state index in [1.54, 1.807) is 24.0 Å². The van der Waals surface area contributed by atoms with Gasteiger partial charge in [0.25, 0.3) is 0 Å². The van der Waals surface area contributed by atoms with Crippen LogP contribution in [0.15, 0.2) is 28.4 Å². The van der Waals surface area contributed by atoms with Gasteiger partial charge in [-0.15, -0.1) is 0 Å². The van der Waals surface area contributed by atoms with Crippen LogP contribution in [0.25, 0.3) is 5.57 Å². The van der Waals surface area contributed by atoms with Gasteiger partial charge in [-0.05, 0) is 24.3 Å². The number of anilines is 1. The van der Waals surface area contributed by atoms with Crippen LogP contribution in [-0.4, -0.2) is 16.0 Å². The summed E-state index contributed by atoms with van der Waals surface area (Å²) in [6, 6.07) is 4.54. The fourth-order valence-corrected chi connectivity index (χ4v) is 3.07. The van der Waals surface area contributed by atoms with Gasteiger partial charge >= 0.3 is 0 Å². The van der Waals surface area contributed by atoms with Crippen LogP contribution >= 0.6 is 11.8 Å².